The van der Waals surface area contributed by atoms with Crippen LogP contribution < -0.4 is 0 Å². The van der Waals surface area contributed by atoms with Crippen LogP contribution >= 0.6 is 0 Å². The zero-order valence-electron chi connectivity index (χ0n) is 9.70. The van der Waals surface area contributed by atoms with Gasteiger partial charge in [-0.25, -0.2) is 0 Å². The number of hydrogen-bond donors (Lipinski definition) is 1. The fourth-order valence-electron chi connectivity index (χ4n) is 2.54. The Morgan fingerprint density at radius 1 is 1.33 bits per heavy atom. The standard InChI is InChI=1S/C12H21NO2/c1-12(2,11(14)15)9-4-3-7-13(8-9)10-5-6-10/h9-10H,3-8H2,1-2H3,(H,14,15). The van der Waals surface area contributed by atoms with Crippen molar-refractivity contribution in [2.24, 2.45) is 11.3 Å². The molecule has 15 heavy (non-hydrogen) atoms. The van der Waals surface area contributed by atoms with Crippen LogP contribution in [0.4, 0.5) is 0 Å². The number of carbonyl (C=O) groups is 1. The monoisotopic (exact) mass is 211 g/mol. The van der Waals surface area contributed by atoms with E-state index in [2.05, 4.69) is 4.90 Å². The minimum absolute atomic E-state index is 0.323. The first-order valence-corrected chi connectivity index (χ1v) is 5.99. The molecule has 0 radical (unpaired) electrons. The Morgan fingerprint density at radius 3 is 2.53 bits per heavy atom. The summed E-state index contributed by atoms with van der Waals surface area (Å²) in [5.74, 6) is -0.325. The van der Waals surface area contributed by atoms with Gasteiger partial charge in [0.25, 0.3) is 0 Å². The molecule has 3 heteroatoms. The third-order valence-corrected chi connectivity index (χ3v) is 4.09. The lowest BCUT2D eigenvalue weighted by molar-refractivity contribution is -0.151. The normalized spacial score (nSPS) is 29.1. The van der Waals surface area contributed by atoms with E-state index in [9.17, 15) is 9.90 Å². The molecule has 1 saturated heterocycles. The Labute approximate surface area is 91.5 Å². The second-order valence-corrected chi connectivity index (χ2v) is 5.59. The van der Waals surface area contributed by atoms with Gasteiger partial charge in [-0.3, -0.25) is 4.79 Å². The van der Waals surface area contributed by atoms with Crippen molar-refractivity contribution in [1.29, 1.82) is 0 Å². The van der Waals surface area contributed by atoms with Gasteiger partial charge in [0.2, 0.25) is 0 Å². The highest BCUT2D eigenvalue weighted by atomic mass is 16.4. The van der Waals surface area contributed by atoms with Crippen LogP contribution in [0, 0.1) is 11.3 Å². The van der Waals surface area contributed by atoms with Crippen LogP contribution in [-0.4, -0.2) is 35.1 Å². The topological polar surface area (TPSA) is 40.5 Å². The summed E-state index contributed by atoms with van der Waals surface area (Å²) in [5, 5.41) is 9.22. The molecule has 0 bridgehead atoms. The molecule has 3 nitrogen and oxygen atoms in total. The van der Waals surface area contributed by atoms with E-state index in [0.29, 0.717) is 5.92 Å². The van der Waals surface area contributed by atoms with Crippen molar-refractivity contribution in [1.82, 2.24) is 4.90 Å². The molecular formula is C12H21NO2. The molecule has 1 aliphatic carbocycles. The Bertz CT molecular complexity index is 258. The maximum atomic E-state index is 11.2. The maximum Gasteiger partial charge on any atom is 0.309 e. The molecule has 0 aromatic rings. The smallest absolute Gasteiger partial charge is 0.309 e. The minimum atomic E-state index is -0.648. The Kier molecular flexibility index (Phi) is 2.75. The lowest BCUT2D eigenvalue weighted by Crippen LogP contribution is -2.45. The largest absolute Gasteiger partial charge is 0.481 e. The highest BCUT2D eigenvalue weighted by Gasteiger charge is 2.41. The molecule has 0 amide bonds. The van der Waals surface area contributed by atoms with Gasteiger partial charge in [0, 0.05) is 12.6 Å². The van der Waals surface area contributed by atoms with Gasteiger partial charge < -0.3 is 10.0 Å². The average Bonchev–Trinajstić information content (AvgIpc) is 3.01. The Hall–Kier alpha value is -0.570. The van der Waals surface area contributed by atoms with Crippen LogP contribution in [0.1, 0.15) is 39.5 Å². The number of nitrogens with zero attached hydrogens (tertiary/aromatic N) is 1. The summed E-state index contributed by atoms with van der Waals surface area (Å²) in [7, 11) is 0. The van der Waals surface area contributed by atoms with Gasteiger partial charge in [0.1, 0.15) is 0 Å². The van der Waals surface area contributed by atoms with E-state index in [4.69, 9.17) is 0 Å². The summed E-state index contributed by atoms with van der Waals surface area (Å²) in [6.45, 7) is 5.91. The van der Waals surface area contributed by atoms with Crippen LogP contribution in [0.5, 0.6) is 0 Å². The summed E-state index contributed by atoms with van der Waals surface area (Å²) in [5.41, 5.74) is -0.562. The molecule has 1 heterocycles. The SMILES string of the molecule is CC(C)(C(=O)O)C1CCCN(C2CC2)C1. The van der Waals surface area contributed by atoms with Crippen molar-refractivity contribution < 1.29 is 9.90 Å². The first kappa shape index (κ1) is 10.9. The maximum absolute atomic E-state index is 11.2. The fourth-order valence-corrected chi connectivity index (χ4v) is 2.54. The lowest BCUT2D eigenvalue weighted by Gasteiger charge is -2.39. The highest BCUT2D eigenvalue weighted by Crippen LogP contribution is 2.38. The van der Waals surface area contributed by atoms with E-state index in [1.807, 2.05) is 13.8 Å². The zero-order valence-corrected chi connectivity index (χ0v) is 9.70. The van der Waals surface area contributed by atoms with E-state index in [1.165, 1.54) is 19.4 Å². The summed E-state index contributed by atoms with van der Waals surface area (Å²) in [6.07, 6.45) is 4.88. The van der Waals surface area contributed by atoms with E-state index in [-0.39, 0.29) is 0 Å². The molecule has 1 saturated carbocycles. The second-order valence-electron chi connectivity index (χ2n) is 5.59. The number of rotatable bonds is 3. The van der Waals surface area contributed by atoms with Gasteiger partial charge in [-0.15, -0.1) is 0 Å². The molecule has 2 aliphatic rings. The number of piperidine rings is 1. The molecule has 1 atom stereocenters. The van der Waals surface area contributed by atoms with Crippen LogP contribution in [0.25, 0.3) is 0 Å². The molecule has 86 valence electrons. The fraction of sp³-hybridized carbons (Fsp3) is 0.917. The average molecular weight is 211 g/mol. The predicted octanol–water partition coefficient (Wildman–Crippen LogP) is 1.97. The van der Waals surface area contributed by atoms with Gasteiger partial charge >= 0.3 is 5.97 Å². The second kappa shape index (κ2) is 3.78. The van der Waals surface area contributed by atoms with Crippen molar-refractivity contribution in [3.8, 4) is 0 Å². The number of hydrogen-bond acceptors (Lipinski definition) is 2. The van der Waals surface area contributed by atoms with Crippen molar-refractivity contribution in [2.45, 2.75) is 45.6 Å². The van der Waals surface area contributed by atoms with Crippen molar-refractivity contribution in [3.05, 3.63) is 0 Å². The number of aliphatic carboxylic acids is 1. The number of carboxylic acid groups (broad SMARTS) is 1. The van der Waals surface area contributed by atoms with Gasteiger partial charge in [-0.05, 0) is 52.0 Å². The molecule has 2 rings (SSSR count). The van der Waals surface area contributed by atoms with Crippen LogP contribution in [-0.2, 0) is 4.79 Å². The Morgan fingerprint density at radius 2 is 2.00 bits per heavy atom. The summed E-state index contributed by atoms with van der Waals surface area (Å²) < 4.78 is 0. The molecule has 1 unspecified atom stereocenters. The molecule has 2 fully saturated rings. The van der Waals surface area contributed by atoms with Crippen LogP contribution in [0.2, 0.25) is 0 Å². The molecule has 0 aromatic heterocycles. The molecule has 0 spiro atoms. The quantitative estimate of drug-likeness (QED) is 0.776. The number of carboxylic acids is 1. The molecular weight excluding hydrogens is 190 g/mol. The number of likely N-dealkylation sites (tertiary alicyclic amines) is 1. The van der Waals surface area contributed by atoms with Gasteiger partial charge in [0.05, 0.1) is 5.41 Å². The van der Waals surface area contributed by atoms with Gasteiger partial charge in [-0.2, -0.15) is 0 Å². The van der Waals surface area contributed by atoms with Crippen molar-refractivity contribution in [2.75, 3.05) is 13.1 Å². The van der Waals surface area contributed by atoms with E-state index in [1.54, 1.807) is 0 Å². The van der Waals surface area contributed by atoms with E-state index >= 15 is 0 Å². The first-order chi connectivity index (χ1) is 7.01. The molecule has 1 aliphatic heterocycles. The van der Waals surface area contributed by atoms with Crippen LogP contribution in [0.15, 0.2) is 0 Å². The zero-order chi connectivity index (χ0) is 11.1. The predicted molar refractivity (Wildman–Crippen MR) is 58.7 cm³/mol. The highest BCUT2D eigenvalue weighted by molar-refractivity contribution is 5.74. The van der Waals surface area contributed by atoms with Gasteiger partial charge in [-0.1, -0.05) is 0 Å². The third-order valence-electron chi connectivity index (χ3n) is 4.09. The summed E-state index contributed by atoms with van der Waals surface area (Å²) in [4.78, 5) is 13.7. The summed E-state index contributed by atoms with van der Waals surface area (Å²) >= 11 is 0. The minimum Gasteiger partial charge on any atom is -0.481 e. The van der Waals surface area contributed by atoms with Crippen molar-refractivity contribution >= 4 is 5.97 Å². The van der Waals surface area contributed by atoms with E-state index < -0.39 is 11.4 Å². The lowest BCUT2D eigenvalue weighted by atomic mass is 9.74. The first-order valence-electron chi connectivity index (χ1n) is 5.99. The van der Waals surface area contributed by atoms with Crippen LogP contribution in [0.3, 0.4) is 0 Å². The van der Waals surface area contributed by atoms with Crippen molar-refractivity contribution in [3.63, 3.8) is 0 Å². The van der Waals surface area contributed by atoms with Gasteiger partial charge in [0.15, 0.2) is 0 Å². The molecule has 1 N–H and O–H groups in total. The Balaban J connectivity index is 1.99. The van der Waals surface area contributed by atoms with E-state index in [0.717, 1.165) is 25.4 Å². The third kappa shape index (κ3) is 2.17. The summed E-state index contributed by atoms with van der Waals surface area (Å²) in [6, 6.07) is 0.775. The molecule has 0 aromatic carbocycles.